The van der Waals surface area contributed by atoms with Crippen molar-refractivity contribution < 1.29 is 33.0 Å². The van der Waals surface area contributed by atoms with Crippen molar-refractivity contribution >= 4 is 34.0 Å². The first-order valence-electron chi connectivity index (χ1n) is 7.53. The van der Waals surface area contributed by atoms with Crippen LogP contribution in [0.1, 0.15) is 33.6 Å². The van der Waals surface area contributed by atoms with E-state index in [1.165, 1.54) is 7.11 Å². The topological polar surface area (TPSA) is 105 Å². The summed E-state index contributed by atoms with van der Waals surface area (Å²) in [6.45, 7) is 1.91. The van der Waals surface area contributed by atoms with E-state index >= 15 is 0 Å². The summed E-state index contributed by atoms with van der Waals surface area (Å²) in [4.78, 5) is 28.4. The second kappa shape index (κ2) is 7.94. The lowest BCUT2D eigenvalue weighted by Gasteiger charge is -2.31. The van der Waals surface area contributed by atoms with Crippen LogP contribution in [0.15, 0.2) is 0 Å². The molecule has 23 heavy (non-hydrogen) atoms. The standard InChI is InChI=1S/C12H27BO7P2S/c1-12(2,3)20-22(17,23)19-11-9(13)7-8(10(11)18-4)5-6-21(14,15)16/h8-11H,5-7,13H2,1-4H3,(H,17,23)(H2,14,15,16)/t8-,9?,10+,11-,22?/m0/s1. The summed E-state index contributed by atoms with van der Waals surface area (Å²) < 4.78 is 27.7. The molecule has 0 spiro atoms. The van der Waals surface area contributed by atoms with Gasteiger partial charge < -0.3 is 28.5 Å². The molecule has 0 radical (unpaired) electrons. The minimum atomic E-state index is -4.05. The quantitative estimate of drug-likeness (QED) is 0.445. The van der Waals surface area contributed by atoms with Gasteiger partial charge in [0.15, 0.2) is 0 Å². The smallest absolute Gasteiger partial charge is 0.325 e. The van der Waals surface area contributed by atoms with Gasteiger partial charge in [0.2, 0.25) is 0 Å². The number of hydrogen-bond acceptors (Lipinski definition) is 5. The maximum Gasteiger partial charge on any atom is 0.325 e. The number of ether oxygens (including phenoxy) is 1. The largest absolute Gasteiger partial charge is 0.378 e. The Morgan fingerprint density at radius 1 is 1.26 bits per heavy atom. The SMILES string of the molecule is BC1C[C@H](CCP(=O)(O)O)[C@@H](OC)[C@H]1OP(O)(=S)OC(C)(C)C. The molecule has 0 heterocycles. The van der Waals surface area contributed by atoms with Crippen LogP contribution in [0, 0.1) is 5.92 Å². The van der Waals surface area contributed by atoms with Crippen LogP contribution in [0.25, 0.3) is 0 Å². The van der Waals surface area contributed by atoms with Gasteiger partial charge in [-0.1, -0.05) is 0 Å². The summed E-state index contributed by atoms with van der Waals surface area (Å²) >= 11 is 5.09. The van der Waals surface area contributed by atoms with Gasteiger partial charge in [0, 0.05) is 7.11 Å². The van der Waals surface area contributed by atoms with Crippen LogP contribution in [-0.2, 0) is 30.2 Å². The first-order chi connectivity index (χ1) is 10.2. The lowest BCUT2D eigenvalue weighted by Crippen LogP contribution is -2.32. The minimum absolute atomic E-state index is 0.0414. The highest BCUT2D eigenvalue weighted by Gasteiger charge is 2.45. The van der Waals surface area contributed by atoms with Gasteiger partial charge in [-0.25, -0.2) is 0 Å². The fourth-order valence-corrected chi connectivity index (χ4v) is 5.97. The van der Waals surface area contributed by atoms with Crippen molar-refractivity contribution in [1.82, 2.24) is 0 Å². The lowest BCUT2D eigenvalue weighted by atomic mass is 9.83. The van der Waals surface area contributed by atoms with E-state index in [9.17, 15) is 9.46 Å². The molecule has 11 heteroatoms. The van der Waals surface area contributed by atoms with Crippen LogP contribution in [0.4, 0.5) is 0 Å². The van der Waals surface area contributed by atoms with E-state index in [4.69, 9.17) is 35.4 Å². The summed E-state index contributed by atoms with van der Waals surface area (Å²) in [5.41, 5.74) is -0.630. The van der Waals surface area contributed by atoms with Gasteiger partial charge in [-0.05, 0) is 57.2 Å². The van der Waals surface area contributed by atoms with Crippen LogP contribution in [-0.4, -0.2) is 53.6 Å². The highest BCUT2D eigenvalue weighted by molar-refractivity contribution is 8.07. The van der Waals surface area contributed by atoms with Crippen molar-refractivity contribution in [3.05, 3.63) is 0 Å². The third kappa shape index (κ3) is 7.64. The van der Waals surface area contributed by atoms with Crippen LogP contribution >= 0.6 is 14.3 Å². The zero-order valence-electron chi connectivity index (χ0n) is 14.2. The van der Waals surface area contributed by atoms with Gasteiger partial charge >= 0.3 is 14.3 Å². The van der Waals surface area contributed by atoms with Crippen LogP contribution < -0.4 is 0 Å². The molecule has 136 valence electrons. The number of hydrogen-bond donors (Lipinski definition) is 3. The van der Waals surface area contributed by atoms with Gasteiger partial charge in [-0.3, -0.25) is 4.57 Å². The summed E-state index contributed by atoms with van der Waals surface area (Å²) in [7, 11) is -0.580. The zero-order chi connectivity index (χ0) is 18.1. The van der Waals surface area contributed by atoms with Crippen LogP contribution in [0.3, 0.4) is 0 Å². The highest BCUT2D eigenvalue weighted by atomic mass is 32.5. The van der Waals surface area contributed by atoms with Gasteiger partial charge in [-0.2, -0.15) is 0 Å². The molecule has 0 aliphatic heterocycles. The maximum atomic E-state index is 11.1. The molecule has 0 aromatic rings. The van der Waals surface area contributed by atoms with Crippen molar-refractivity contribution in [2.75, 3.05) is 13.3 Å². The monoisotopic (exact) mass is 388 g/mol. The first-order valence-corrected chi connectivity index (χ1v) is 11.9. The predicted octanol–water partition coefficient (Wildman–Crippen LogP) is 1.43. The Balaban J connectivity index is 2.78. The van der Waals surface area contributed by atoms with E-state index in [0.29, 0.717) is 12.8 Å². The molecule has 0 bridgehead atoms. The van der Waals surface area contributed by atoms with Crippen molar-refractivity contribution in [2.24, 2.45) is 5.92 Å². The Bertz CT molecular complexity index is 492. The Kier molecular flexibility index (Phi) is 7.51. The summed E-state index contributed by atoms with van der Waals surface area (Å²) in [5.74, 6) is -0.0166. The third-order valence-corrected chi connectivity index (χ3v) is 6.34. The van der Waals surface area contributed by atoms with Gasteiger partial charge in [-0.15, -0.1) is 0 Å². The summed E-state index contributed by atoms with van der Waals surface area (Å²) in [6, 6.07) is 0. The molecule has 3 N–H and O–H groups in total. The predicted molar refractivity (Wildman–Crippen MR) is 94.9 cm³/mol. The maximum absolute atomic E-state index is 11.1. The number of rotatable bonds is 7. The molecule has 7 nitrogen and oxygen atoms in total. The first kappa shape index (κ1) is 21.7. The van der Waals surface area contributed by atoms with E-state index in [1.54, 1.807) is 20.8 Å². The molecule has 1 aliphatic rings. The highest BCUT2D eigenvalue weighted by Crippen LogP contribution is 2.54. The van der Waals surface area contributed by atoms with E-state index in [2.05, 4.69) is 0 Å². The number of methoxy groups -OCH3 is 1. The van der Waals surface area contributed by atoms with Crippen molar-refractivity contribution in [3.63, 3.8) is 0 Å². The minimum Gasteiger partial charge on any atom is -0.378 e. The van der Waals surface area contributed by atoms with Crippen molar-refractivity contribution in [2.45, 2.75) is 57.2 Å². The average molecular weight is 388 g/mol. The van der Waals surface area contributed by atoms with Crippen LogP contribution in [0.5, 0.6) is 0 Å². The van der Waals surface area contributed by atoms with Gasteiger partial charge in [0.05, 0.1) is 24.0 Å². The van der Waals surface area contributed by atoms with E-state index in [-0.39, 0.29) is 24.0 Å². The molecule has 5 atom stereocenters. The molecule has 0 saturated heterocycles. The average Bonchev–Trinajstić information content (AvgIpc) is 2.58. The van der Waals surface area contributed by atoms with E-state index in [1.807, 2.05) is 7.85 Å². The zero-order valence-corrected chi connectivity index (χ0v) is 16.8. The fourth-order valence-electron chi connectivity index (χ4n) is 2.97. The molecule has 1 aliphatic carbocycles. The Morgan fingerprint density at radius 2 is 1.83 bits per heavy atom. The van der Waals surface area contributed by atoms with E-state index in [0.717, 1.165) is 0 Å². The molecule has 1 saturated carbocycles. The molecule has 0 amide bonds. The molecule has 1 rings (SSSR count). The molecule has 1 fully saturated rings. The van der Waals surface area contributed by atoms with Gasteiger partial charge in [0.1, 0.15) is 7.85 Å². The normalized spacial score (nSPS) is 32.0. The van der Waals surface area contributed by atoms with Crippen molar-refractivity contribution in [1.29, 1.82) is 0 Å². The second-order valence-corrected chi connectivity index (χ2v) is 11.6. The summed E-state index contributed by atoms with van der Waals surface area (Å²) in [6.07, 6.45) is -0.00685. The molecule has 2 unspecified atom stereocenters. The Labute approximate surface area is 143 Å². The fraction of sp³-hybridized carbons (Fsp3) is 1.00. The molecule has 0 aromatic heterocycles. The van der Waals surface area contributed by atoms with Crippen LogP contribution in [0.2, 0.25) is 5.82 Å². The molecule has 0 aromatic carbocycles. The van der Waals surface area contributed by atoms with E-state index < -0.39 is 26.0 Å². The van der Waals surface area contributed by atoms with Gasteiger partial charge in [0.25, 0.3) is 0 Å². The summed E-state index contributed by atoms with van der Waals surface area (Å²) in [5, 5.41) is 0. The lowest BCUT2D eigenvalue weighted by molar-refractivity contribution is -0.0174. The Morgan fingerprint density at radius 3 is 2.26 bits per heavy atom. The second-order valence-electron chi connectivity index (χ2n) is 7.09. The molecular formula is C12H27BO7P2S. The molecular weight excluding hydrogens is 361 g/mol. The third-order valence-electron chi connectivity index (χ3n) is 3.73. The van der Waals surface area contributed by atoms with Crippen molar-refractivity contribution in [3.8, 4) is 0 Å². The Hall–Kier alpha value is 0.705.